The number of carbonyl (C=O) groups is 1. The molecule has 0 atom stereocenters. The Morgan fingerprint density at radius 2 is 1.65 bits per heavy atom. The zero-order valence-electron chi connectivity index (χ0n) is 25.2. The normalized spacial score (nSPS) is 13.2. The molecule has 2 aromatic carbocycles. The van der Waals surface area contributed by atoms with Crippen LogP contribution in [0, 0.1) is 30.4 Å². The van der Waals surface area contributed by atoms with Gasteiger partial charge in [0.15, 0.2) is 6.29 Å². The van der Waals surface area contributed by atoms with Crippen molar-refractivity contribution in [3.63, 3.8) is 0 Å². The number of nitrogens with zero attached hydrogens (tertiary/aromatic N) is 2. The van der Waals surface area contributed by atoms with Crippen LogP contribution in [0.2, 0.25) is 0 Å². The number of rotatable bonds is 8. The molecular weight excluding hydrogens is 510 g/mol. The van der Waals surface area contributed by atoms with Crippen molar-refractivity contribution in [3.05, 3.63) is 87.3 Å². The van der Waals surface area contributed by atoms with Gasteiger partial charge in [0.1, 0.15) is 17.9 Å². The van der Waals surface area contributed by atoms with E-state index in [0.717, 1.165) is 25.0 Å². The maximum atomic E-state index is 15.2. The first kappa shape index (κ1) is 34.5. The molecule has 0 amide bonds. The van der Waals surface area contributed by atoms with Gasteiger partial charge in [-0.2, -0.15) is 0 Å². The summed E-state index contributed by atoms with van der Waals surface area (Å²) < 4.78 is 34.3. The first-order valence-corrected chi connectivity index (χ1v) is 14.2. The van der Waals surface area contributed by atoms with E-state index >= 15 is 4.39 Å². The second-order valence-corrected chi connectivity index (χ2v) is 9.65. The summed E-state index contributed by atoms with van der Waals surface area (Å²) in [6.45, 7) is 15.3. The lowest BCUT2D eigenvalue weighted by molar-refractivity contribution is -0.103. The topological polar surface area (TPSA) is 72.5 Å². The van der Waals surface area contributed by atoms with Crippen molar-refractivity contribution in [2.75, 3.05) is 0 Å². The predicted octanol–water partition coefficient (Wildman–Crippen LogP) is 10.3. The Labute approximate surface area is 238 Å². The fourth-order valence-electron chi connectivity index (χ4n) is 4.32. The lowest BCUT2D eigenvalue weighted by Crippen LogP contribution is -2.05. The standard InChI is InChI=1S/C22H21F2NO2.C5H12.C4H5NO.C2H6/c1-4-22(9-10-22)16-7-5-15(6-8-16)20-18(23)11-13(2)19(21(20)24)17(12-26)14(3)25-27;1-3-5-4-2;1-4-2-3-6-5-4;1-2/h5-8,11-12H,4,9-10H2,1-3H3;3-5H2,1-2H3;2-3H,1H3;1-2H3/b17-14-;;;. The number of allylic oxidation sites excluding steroid dienone is 2. The van der Waals surface area contributed by atoms with Gasteiger partial charge in [0.05, 0.1) is 17.0 Å². The second kappa shape index (κ2) is 17.3. The summed E-state index contributed by atoms with van der Waals surface area (Å²) in [6.07, 6.45) is 9.31. The highest BCUT2D eigenvalue weighted by molar-refractivity contribution is 6.09. The Bertz CT molecular complexity index is 1230. The fourth-order valence-corrected chi connectivity index (χ4v) is 4.32. The molecule has 0 bridgehead atoms. The molecule has 0 unspecified atom stereocenters. The van der Waals surface area contributed by atoms with E-state index in [1.165, 1.54) is 44.7 Å². The summed E-state index contributed by atoms with van der Waals surface area (Å²) in [5, 5.41) is 6.28. The minimum Gasteiger partial charge on any atom is -0.365 e. The third kappa shape index (κ3) is 9.04. The smallest absolute Gasteiger partial charge is 0.152 e. The maximum Gasteiger partial charge on any atom is 0.152 e. The monoisotopic (exact) mass is 554 g/mol. The summed E-state index contributed by atoms with van der Waals surface area (Å²) >= 11 is 0. The average Bonchev–Trinajstić information content (AvgIpc) is 3.63. The van der Waals surface area contributed by atoms with Crippen LogP contribution in [0.5, 0.6) is 0 Å². The van der Waals surface area contributed by atoms with Gasteiger partial charge in [-0.1, -0.05) is 83.3 Å². The van der Waals surface area contributed by atoms with Crippen molar-refractivity contribution in [2.45, 2.75) is 99.3 Å². The fraction of sp³-hybridized carbons (Fsp3) is 0.455. The Kier molecular flexibility index (Phi) is 14.9. The molecule has 0 radical (unpaired) electrons. The summed E-state index contributed by atoms with van der Waals surface area (Å²) in [4.78, 5) is 22.2. The van der Waals surface area contributed by atoms with Gasteiger partial charge in [0.2, 0.25) is 0 Å². The molecule has 4 rings (SSSR count). The first-order chi connectivity index (χ1) is 19.2. The molecule has 5 nitrogen and oxygen atoms in total. The van der Waals surface area contributed by atoms with E-state index in [0.29, 0.717) is 11.8 Å². The Morgan fingerprint density at radius 1 is 1.05 bits per heavy atom. The highest BCUT2D eigenvalue weighted by Crippen LogP contribution is 2.51. The largest absolute Gasteiger partial charge is 0.365 e. The van der Waals surface area contributed by atoms with Crippen molar-refractivity contribution >= 4 is 11.9 Å². The Balaban J connectivity index is 0.000000510. The van der Waals surface area contributed by atoms with Gasteiger partial charge in [0, 0.05) is 17.2 Å². The van der Waals surface area contributed by atoms with E-state index in [2.05, 4.69) is 35.6 Å². The number of hydrogen-bond donors (Lipinski definition) is 0. The third-order valence-corrected chi connectivity index (χ3v) is 6.92. The van der Waals surface area contributed by atoms with Crippen LogP contribution in [0.3, 0.4) is 0 Å². The number of hydrogen-bond acceptors (Lipinski definition) is 5. The number of aromatic nitrogens is 1. The van der Waals surface area contributed by atoms with Gasteiger partial charge in [-0.25, -0.2) is 8.78 Å². The van der Waals surface area contributed by atoms with Crippen LogP contribution < -0.4 is 0 Å². The first-order valence-electron chi connectivity index (χ1n) is 14.2. The van der Waals surface area contributed by atoms with Gasteiger partial charge in [0.25, 0.3) is 0 Å². The Hall–Kier alpha value is -3.48. The van der Waals surface area contributed by atoms with Crippen molar-refractivity contribution in [1.29, 1.82) is 0 Å². The molecule has 1 fully saturated rings. The number of nitroso groups, excluding NO2 is 1. The average molecular weight is 555 g/mol. The summed E-state index contributed by atoms with van der Waals surface area (Å²) in [6, 6.07) is 10.2. The zero-order valence-corrected chi connectivity index (χ0v) is 25.2. The molecule has 1 aliphatic carbocycles. The minimum absolute atomic E-state index is 0.0882. The molecule has 0 spiro atoms. The molecule has 0 saturated heterocycles. The molecule has 1 aromatic heterocycles. The molecule has 40 heavy (non-hydrogen) atoms. The summed E-state index contributed by atoms with van der Waals surface area (Å²) in [5.74, 6) is -1.57. The lowest BCUT2D eigenvalue weighted by atomic mass is 9.89. The molecule has 3 aromatic rings. The number of unbranched alkanes of at least 4 members (excludes halogenated alkanes) is 2. The van der Waals surface area contributed by atoms with Crippen molar-refractivity contribution < 1.29 is 18.1 Å². The van der Waals surface area contributed by atoms with E-state index in [4.69, 9.17) is 0 Å². The lowest BCUT2D eigenvalue weighted by Gasteiger charge is -2.16. The van der Waals surface area contributed by atoms with Crippen LogP contribution in [-0.2, 0) is 10.2 Å². The van der Waals surface area contributed by atoms with E-state index in [1.54, 1.807) is 24.5 Å². The quantitative estimate of drug-likeness (QED) is 0.158. The Morgan fingerprint density at radius 3 is 2.00 bits per heavy atom. The van der Waals surface area contributed by atoms with Crippen LogP contribution in [0.4, 0.5) is 8.78 Å². The van der Waals surface area contributed by atoms with Gasteiger partial charge >= 0.3 is 0 Å². The van der Waals surface area contributed by atoms with Crippen molar-refractivity contribution in [1.82, 2.24) is 5.16 Å². The van der Waals surface area contributed by atoms with Gasteiger partial charge in [-0.05, 0) is 73.4 Å². The van der Waals surface area contributed by atoms with Crippen LogP contribution in [-0.4, -0.2) is 11.4 Å². The molecule has 1 heterocycles. The van der Waals surface area contributed by atoms with Gasteiger partial charge in [-0.3, -0.25) is 4.79 Å². The number of halogens is 2. The molecule has 7 heteroatoms. The van der Waals surface area contributed by atoms with Crippen LogP contribution in [0.1, 0.15) is 102 Å². The summed E-state index contributed by atoms with van der Waals surface area (Å²) in [5.41, 5.74) is 2.33. The van der Waals surface area contributed by atoms with E-state index < -0.39 is 11.6 Å². The van der Waals surface area contributed by atoms with Crippen molar-refractivity contribution in [3.8, 4) is 11.1 Å². The predicted molar refractivity (Wildman–Crippen MR) is 160 cm³/mol. The summed E-state index contributed by atoms with van der Waals surface area (Å²) in [7, 11) is 0. The SMILES string of the molecule is CC.CCC1(c2ccc(-c3c(F)cc(C)c(/C(C=O)=C(/C)N=O)c3F)cc2)CC1.CCCCC.Cc1ccon1. The van der Waals surface area contributed by atoms with E-state index in [-0.39, 0.29) is 33.4 Å². The zero-order chi connectivity index (χ0) is 30.3. The number of benzene rings is 2. The number of carbonyl (C=O) groups excluding carboxylic acids is 1. The van der Waals surface area contributed by atoms with Crippen LogP contribution in [0.15, 0.2) is 58.1 Å². The second-order valence-electron chi connectivity index (χ2n) is 9.65. The van der Waals surface area contributed by atoms with Gasteiger partial charge < -0.3 is 4.52 Å². The molecule has 0 aliphatic heterocycles. The van der Waals surface area contributed by atoms with Crippen LogP contribution in [0.25, 0.3) is 16.7 Å². The van der Waals surface area contributed by atoms with Gasteiger partial charge in [-0.15, -0.1) is 4.91 Å². The molecule has 0 N–H and O–H groups in total. The van der Waals surface area contributed by atoms with E-state index in [9.17, 15) is 14.1 Å². The minimum atomic E-state index is -0.859. The molecule has 218 valence electrons. The highest BCUT2D eigenvalue weighted by Gasteiger charge is 2.42. The van der Waals surface area contributed by atoms with Crippen LogP contribution >= 0.6 is 0 Å². The maximum absolute atomic E-state index is 15.2. The van der Waals surface area contributed by atoms with Crippen molar-refractivity contribution in [2.24, 2.45) is 5.18 Å². The number of aldehydes is 1. The van der Waals surface area contributed by atoms with E-state index in [1.807, 2.05) is 32.9 Å². The molecule has 1 saturated carbocycles. The highest BCUT2D eigenvalue weighted by atomic mass is 19.1. The third-order valence-electron chi connectivity index (χ3n) is 6.92. The molecule has 1 aliphatic rings. The number of aryl methyl sites for hydroxylation is 2. The molecular formula is C33H44F2N2O3.